The third-order valence-corrected chi connectivity index (χ3v) is 5.31. The second kappa shape index (κ2) is 8.17. The molecule has 0 spiro atoms. The molecule has 1 N–H and O–H groups in total. The number of hydrogen-bond donors (Lipinski definition) is 1. The van der Waals surface area contributed by atoms with Crippen LogP contribution in [0.2, 0.25) is 5.02 Å². The molecule has 3 aromatic rings. The Labute approximate surface area is 174 Å². The number of nitrogens with zero attached hydrogens (tertiary/aromatic N) is 2. The van der Waals surface area contributed by atoms with Gasteiger partial charge < -0.3 is 19.5 Å². The van der Waals surface area contributed by atoms with E-state index in [4.69, 9.17) is 16.3 Å². The molecule has 7 heteroatoms. The summed E-state index contributed by atoms with van der Waals surface area (Å²) >= 11 is 6.02. The summed E-state index contributed by atoms with van der Waals surface area (Å²) in [6.45, 7) is 4.51. The van der Waals surface area contributed by atoms with E-state index in [-0.39, 0.29) is 11.8 Å². The number of aromatic amines is 1. The molecular formula is C22H22ClN3O3. The maximum Gasteiger partial charge on any atom is 0.270 e. The molecule has 6 nitrogen and oxygen atoms in total. The molecule has 1 aliphatic heterocycles. The minimum atomic E-state index is -0.0644. The Kier molecular flexibility index (Phi) is 5.45. The van der Waals surface area contributed by atoms with E-state index in [1.54, 1.807) is 40.1 Å². The molecule has 0 aliphatic carbocycles. The summed E-state index contributed by atoms with van der Waals surface area (Å²) in [5, 5.41) is 1.54. The van der Waals surface area contributed by atoms with E-state index in [0.717, 1.165) is 16.7 Å². The number of piperazine rings is 1. The molecule has 2 heterocycles. The van der Waals surface area contributed by atoms with Crippen molar-refractivity contribution in [1.82, 2.24) is 14.8 Å². The van der Waals surface area contributed by atoms with Gasteiger partial charge in [-0.25, -0.2) is 0 Å². The van der Waals surface area contributed by atoms with Gasteiger partial charge in [0.2, 0.25) is 0 Å². The second-order valence-corrected chi connectivity index (χ2v) is 7.39. The van der Waals surface area contributed by atoms with Crippen molar-refractivity contribution in [3.05, 3.63) is 64.8 Å². The number of hydrogen-bond acceptors (Lipinski definition) is 3. The Morgan fingerprint density at radius 3 is 2.28 bits per heavy atom. The van der Waals surface area contributed by atoms with E-state index < -0.39 is 0 Å². The average Bonchev–Trinajstić information content (AvgIpc) is 3.17. The Hall–Kier alpha value is -2.99. The lowest BCUT2D eigenvalue weighted by molar-refractivity contribution is 0.0533. The van der Waals surface area contributed by atoms with E-state index >= 15 is 0 Å². The highest BCUT2D eigenvalue weighted by molar-refractivity contribution is 6.31. The minimum absolute atomic E-state index is 0.0274. The Bertz CT molecular complexity index is 1040. The smallest absolute Gasteiger partial charge is 0.270 e. The highest BCUT2D eigenvalue weighted by Gasteiger charge is 2.26. The van der Waals surface area contributed by atoms with Gasteiger partial charge in [-0.3, -0.25) is 9.59 Å². The first-order valence-corrected chi connectivity index (χ1v) is 10.0. The van der Waals surface area contributed by atoms with Crippen LogP contribution >= 0.6 is 11.6 Å². The van der Waals surface area contributed by atoms with E-state index in [0.29, 0.717) is 49.1 Å². The number of nitrogens with one attached hydrogen (secondary N) is 1. The van der Waals surface area contributed by atoms with Crippen LogP contribution in [0.15, 0.2) is 48.5 Å². The molecule has 0 bridgehead atoms. The van der Waals surface area contributed by atoms with Gasteiger partial charge >= 0.3 is 0 Å². The minimum Gasteiger partial charge on any atom is -0.494 e. The lowest BCUT2D eigenvalue weighted by Crippen LogP contribution is -2.50. The molecule has 1 aromatic heterocycles. The Morgan fingerprint density at radius 1 is 0.966 bits per heavy atom. The van der Waals surface area contributed by atoms with Crippen molar-refractivity contribution in [2.45, 2.75) is 6.92 Å². The molecule has 29 heavy (non-hydrogen) atoms. The predicted molar refractivity (Wildman–Crippen MR) is 113 cm³/mol. The molecular weight excluding hydrogens is 390 g/mol. The van der Waals surface area contributed by atoms with E-state index in [1.807, 2.05) is 25.1 Å². The van der Waals surface area contributed by atoms with Crippen LogP contribution in [0.1, 0.15) is 27.8 Å². The maximum absolute atomic E-state index is 12.8. The Balaban J connectivity index is 1.39. The van der Waals surface area contributed by atoms with Gasteiger partial charge in [-0.05, 0) is 55.5 Å². The summed E-state index contributed by atoms with van der Waals surface area (Å²) in [5.41, 5.74) is 2.04. The fourth-order valence-electron chi connectivity index (χ4n) is 3.54. The Morgan fingerprint density at radius 2 is 1.62 bits per heavy atom. The van der Waals surface area contributed by atoms with E-state index in [2.05, 4.69) is 4.98 Å². The van der Waals surface area contributed by atoms with Crippen LogP contribution in [0.3, 0.4) is 0 Å². The standard InChI is InChI=1S/C22H22ClN3O3/c1-2-29-18-6-3-15(4-7-18)21(27)25-9-11-26(12-10-25)22(28)20-14-16-13-17(23)5-8-19(16)24-20/h3-8,13-14,24H,2,9-12H2,1H3. The summed E-state index contributed by atoms with van der Waals surface area (Å²) in [7, 11) is 0. The molecule has 150 valence electrons. The lowest BCUT2D eigenvalue weighted by atomic mass is 10.1. The SMILES string of the molecule is CCOc1ccc(C(=O)N2CCN(C(=O)c3cc4cc(Cl)ccc4[nH]3)CC2)cc1. The summed E-state index contributed by atoms with van der Waals surface area (Å²) in [4.78, 5) is 32.3. The molecule has 2 aromatic carbocycles. The quantitative estimate of drug-likeness (QED) is 0.709. The highest BCUT2D eigenvalue weighted by atomic mass is 35.5. The number of amides is 2. The zero-order chi connectivity index (χ0) is 20.4. The number of halogens is 1. The first-order chi connectivity index (χ1) is 14.0. The van der Waals surface area contributed by atoms with Crippen molar-refractivity contribution in [2.75, 3.05) is 32.8 Å². The fourth-order valence-corrected chi connectivity index (χ4v) is 3.73. The summed E-state index contributed by atoms with van der Waals surface area (Å²) < 4.78 is 5.42. The zero-order valence-electron chi connectivity index (χ0n) is 16.2. The van der Waals surface area contributed by atoms with Crippen molar-refractivity contribution in [3.63, 3.8) is 0 Å². The molecule has 1 aliphatic rings. The molecule has 4 rings (SSSR count). The van der Waals surface area contributed by atoms with Crippen LogP contribution in [0.4, 0.5) is 0 Å². The zero-order valence-corrected chi connectivity index (χ0v) is 16.9. The van der Waals surface area contributed by atoms with Crippen LogP contribution < -0.4 is 4.74 Å². The molecule has 1 fully saturated rings. The molecule has 1 saturated heterocycles. The van der Waals surface area contributed by atoms with Gasteiger partial charge in [0.1, 0.15) is 11.4 Å². The molecule has 0 saturated carbocycles. The van der Waals surface area contributed by atoms with Crippen molar-refractivity contribution in [1.29, 1.82) is 0 Å². The van der Waals surface area contributed by atoms with E-state index in [1.165, 1.54) is 0 Å². The van der Waals surface area contributed by atoms with Gasteiger partial charge in [-0.2, -0.15) is 0 Å². The largest absolute Gasteiger partial charge is 0.494 e. The monoisotopic (exact) mass is 411 g/mol. The van der Waals surface area contributed by atoms with Gasteiger partial charge in [0.05, 0.1) is 6.61 Å². The second-order valence-electron chi connectivity index (χ2n) is 6.96. The van der Waals surface area contributed by atoms with Crippen LogP contribution in [-0.4, -0.2) is 59.4 Å². The first kappa shape index (κ1) is 19.3. The maximum atomic E-state index is 12.8. The number of ether oxygens (including phenoxy) is 1. The van der Waals surface area contributed by atoms with Crippen LogP contribution in [-0.2, 0) is 0 Å². The van der Waals surface area contributed by atoms with Gasteiger partial charge in [-0.15, -0.1) is 0 Å². The summed E-state index contributed by atoms with van der Waals surface area (Å²) in [5.74, 6) is 0.657. The summed E-state index contributed by atoms with van der Waals surface area (Å²) in [6, 6.07) is 14.5. The molecule has 0 atom stereocenters. The molecule has 2 amide bonds. The number of H-pyrrole nitrogens is 1. The van der Waals surface area contributed by atoms with Gasteiger partial charge in [0, 0.05) is 47.7 Å². The topological polar surface area (TPSA) is 65.6 Å². The normalized spacial score (nSPS) is 14.3. The number of carbonyl (C=O) groups is 2. The number of rotatable bonds is 4. The summed E-state index contributed by atoms with van der Waals surface area (Å²) in [6.07, 6.45) is 0. The highest BCUT2D eigenvalue weighted by Crippen LogP contribution is 2.21. The van der Waals surface area contributed by atoms with Gasteiger partial charge in [0.15, 0.2) is 0 Å². The van der Waals surface area contributed by atoms with E-state index in [9.17, 15) is 9.59 Å². The number of aromatic nitrogens is 1. The van der Waals surface area contributed by atoms with Crippen LogP contribution in [0.5, 0.6) is 5.75 Å². The fraction of sp³-hybridized carbons (Fsp3) is 0.273. The first-order valence-electron chi connectivity index (χ1n) is 9.65. The third-order valence-electron chi connectivity index (χ3n) is 5.08. The molecule has 0 unspecified atom stereocenters. The lowest BCUT2D eigenvalue weighted by Gasteiger charge is -2.34. The average molecular weight is 412 g/mol. The van der Waals surface area contributed by atoms with Crippen LogP contribution in [0, 0.1) is 0 Å². The van der Waals surface area contributed by atoms with Crippen LogP contribution in [0.25, 0.3) is 10.9 Å². The van der Waals surface area contributed by atoms with Crippen molar-refractivity contribution in [3.8, 4) is 5.75 Å². The van der Waals surface area contributed by atoms with Crippen molar-refractivity contribution >= 4 is 34.3 Å². The molecule has 0 radical (unpaired) electrons. The number of carbonyl (C=O) groups excluding carboxylic acids is 2. The van der Waals surface area contributed by atoms with Crippen molar-refractivity contribution in [2.24, 2.45) is 0 Å². The number of fused-ring (bicyclic) bond motifs is 1. The predicted octanol–water partition coefficient (Wildman–Crippen LogP) is 3.82. The van der Waals surface area contributed by atoms with Gasteiger partial charge in [-0.1, -0.05) is 11.6 Å². The van der Waals surface area contributed by atoms with Gasteiger partial charge in [0.25, 0.3) is 11.8 Å². The van der Waals surface area contributed by atoms with Crippen molar-refractivity contribution < 1.29 is 14.3 Å². The number of benzene rings is 2. The third kappa shape index (κ3) is 4.07.